The molecule has 1 aliphatic heterocycles. The van der Waals surface area contributed by atoms with E-state index in [0.717, 1.165) is 37.9 Å². The molecule has 8 heteroatoms. The fraction of sp³-hybridized carbons (Fsp3) is 0.438. The Labute approximate surface area is 143 Å². The summed E-state index contributed by atoms with van der Waals surface area (Å²) in [6, 6.07) is 1.66. The number of anilines is 1. The van der Waals surface area contributed by atoms with Crippen molar-refractivity contribution in [2.75, 3.05) is 18.4 Å². The van der Waals surface area contributed by atoms with Gasteiger partial charge < -0.3 is 21.4 Å². The number of hydrogen-bond donors (Lipinski definition) is 4. The third kappa shape index (κ3) is 2.71. The van der Waals surface area contributed by atoms with Gasteiger partial charge >= 0.3 is 0 Å². The van der Waals surface area contributed by atoms with Crippen LogP contribution < -0.4 is 16.4 Å². The molecule has 1 atom stereocenters. The number of hydrogen-bond acceptors (Lipinski definition) is 5. The van der Waals surface area contributed by atoms with Gasteiger partial charge in [0.05, 0.1) is 5.69 Å². The van der Waals surface area contributed by atoms with Gasteiger partial charge in [-0.05, 0) is 43.8 Å². The van der Waals surface area contributed by atoms with Crippen molar-refractivity contribution in [3.8, 4) is 11.3 Å². The van der Waals surface area contributed by atoms with E-state index in [1.54, 1.807) is 12.3 Å². The molecule has 1 saturated carbocycles. The minimum Gasteiger partial charge on any atom is -0.364 e. The highest BCUT2D eigenvalue weighted by Gasteiger charge is 2.57. The highest BCUT2D eigenvalue weighted by molar-refractivity contribution is 7.14. The van der Waals surface area contributed by atoms with Crippen molar-refractivity contribution in [2.45, 2.75) is 19.3 Å². The lowest BCUT2D eigenvalue weighted by Gasteiger charge is -2.22. The van der Waals surface area contributed by atoms with Crippen LogP contribution in [-0.4, -0.2) is 34.9 Å². The van der Waals surface area contributed by atoms with E-state index in [2.05, 4.69) is 20.6 Å². The molecule has 7 nitrogen and oxygen atoms in total. The second kappa shape index (κ2) is 5.71. The first kappa shape index (κ1) is 15.3. The summed E-state index contributed by atoms with van der Waals surface area (Å²) in [4.78, 5) is 30.8. The number of H-pyrrole nitrogens is 1. The minimum absolute atomic E-state index is 0.0738. The van der Waals surface area contributed by atoms with Crippen molar-refractivity contribution >= 4 is 28.3 Å². The fourth-order valence-corrected chi connectivity index (χ4v) is 4.26. The summed E-state index contributed by atoms with van der Waals surface area (Å²) in [5.41, 5.74) is 7.29. The van der Waals surface area contributed by atoms with Crippen LogP contribution in [0.1, 0.15) is 29.8 Å². The zero-order chi connectivity index (χ0) is 16.7. The van der Waals surface area contributed by atoms with Gasteiger partial charge in [-0.3, -0.25) is 9.59 Å². The summed E-state index contributed by atoms with van der Waals surface area (Å²) in [6.07, 6.45) is 4.82. The number of nitrogens with one attached hydrogen (secondary N) is 3. The molecule has 0 radical (unpaired) electrons. The Bertz CT molecular complexity index is 790. The van der Waals surface area contributed by atoms with Crippen LogP contribution in [0.2, 0.25) is 0 Å². The lowest BCUT2D eigenvalue weighted by atomic mass is 9.92. The molecule has 2 fully saturated rings. The van der Waals surface area contributed by atoms with E-state index < -0.39 is 5.91 Å². The number of nitrogens with zero attached hydrogens (tertiary/aromatic N) is 1. The van der Waals surface area contributed by atoms with E-state index in [1.165, 1.54) is 11.3 Å². The molecular weight excluding hydrogens is 326 g/mol. The lowest BCUT2D eigenvalue weighted by molar-refractivity contribution is -0.118. The molecular formula is C16H19N5O2S. The summed E-state index contributed by atoms with van der Waals surface area (Å²) < 4.78 is 0. The smallest absolute Gasteiger partial charge is 0.265 e. The number of carbonyl (C=O) groups excluding carboxylic acids is 2. The standard InChI is InChI=1S/C16H19N5O2S/c17-13(22)11-5-9(7-19-11)12-8-24-15(20-12)21-14(23)10-6-16(10)1-3-18-4-2-16/h5,7-8,10,18-19H,1-4,6H2,(H2,17,22)(H,20,21,23). The number of carbonyl (C=O) groups is 2. The lowest BCUT2D eigenvalue weighted by Crippen LogP contribution is -2.31. The molecule has 4 rings (SSSR count). The Kier molecular flexibility index (Phi) is 3.65. The molecule has 1 spiro atoms. The van der Waals surface area contributed by atoms with Gasteiger partial charge in [-0.1, -0.05) is 0 Å². The normalized spacial score (nSPS) is 21.6. The first-order valence-corrected chi connectivity index (χ1v) is 8.91. The van der Waals surface area contributed by atoms with Gasteiger partial charge in [0, 0.05) is 23.1 Å². The van der Waals surface area contributed by atoms with E-state index in [0.29, 0.717) is 16.5 Å². The zero-order valence-electron chi connectivity index (χ0n) is 13.1. The maximum atomic E-state index is 12.5. The summed E-state index contributed by atoms with van der Waals surface area (Å²) in [5.74, 6) is -0.323. The Balaban J connectivity index is 1.42. The van der Waals surface area contributed by atoms with Gasteiger partial charge in [0.2, 0.25) is 5.91 Å². The summed E-state index contributed by atoms with van der Waals surface area (Å²) in [7, 11) is 0. The van der Waals surface area contributed by atoms with Gasteiger partial charge in [0.1, 0.15) is 5.69 Å². The molecule has 1 saturated heterocycles. The van der Waals surface area contributed by atoms with Gasteiger partial charge in [0.15, 0.2) is 5.13 Å². The minimum atomic E-state index is -0.508. The van der Waals surface area contributed by atoms with Gasteiger partial charge in [0.25, 0.3) is 5.91 Å². The molecule has 24 heavy (non-hydrogen) atoms. The van der Waals surface area contributed by atoms with Gasteiger partial charge in [-0.2, -0.15) is 0 Å². The Hall–Kier alpha value is -2.19. The maximum Gasteiger partial charge on any atom is 0.265 e. The van der Waals surface area contributed by atoms with Crippen molar-refractivity contribution in [1.29, 1.82) is 0 Å². The van der Waals surface area contributed by atoms with Crippen molar-refractivity contribution in [2.24, 2.45) is 17.1 Å². The number of rotatable bonds is 4. The van der Waals surface area contributed by atoms with Crippen LogP contribution in [0.4, 0.5) is 5.13 Å². The molecule has 5 N–H and O–H groups in total. The van der Waals surface area contributed by atoms with Crippen molar-refractivity contribution in [3.63, 3.8) is 0 Å². The van der Waals surface area contributed by atoms with Crippen molar-refractivity contribution in [3.05, 3.63) is 23.3 Å². The largest absolute Gasteiger partial charge is 0.364 e. The summed E-state index contributed by atoms with van der Waals surface area (Å²) in [5, 5.41) is 8.73. The predicted octanol–water partition coefficient (Wildman–Crippen LogP) is 1.57. The zero-order valence-corrected chi connectivity index (χ0v) is 13.9. The third-order valence-corrected chi connectivity index (χ3v) is 5.84. The van der Waals surface area contributed by atoms with Crippen molar-refractivity contribution < 1.29 is 9.59 Å². The average Bonchev–Trinajstić information content (AvgIpc) is 2.98. The number of piperidine rings is 1. The van der Waals surface area contributed by atoms with Crippen LogP contribution in [0.15, 0.2) is 17.6 Å². The SMILES string of the molecule is NC(=O)c1cc(-c2csc(NC(=O)C3CC34CCNCC4)n2)c[nH]1. The molecule has 1 aliphatic carbocycles. The highest BCUT2D eigenvalue weighted by atomic mass is 32.1. The highest BCUT2D eigenvalue weighted by Crippen LogP contribution is 2.58. The molecule has 1 unspecified atom stereocenters. The second-order valence-electron chi connectivity index (χ2n) is 6.56. The number of primary amides is 1. The number of amides is 2. The number of aromatic nitrogens is 2. The quantitative estimate of drug-likeness (QED) is 0.673. The number of nitrogens with two attached hydrogens (primary N) is 1. The Morgan fingerprint density at radius 2 is 2.17 bits per heavy atom. The van der Waals surface area contributed by atoms with Crippen LogP contribution in [0, 0.1) is 11.3 Å². The third-order valence-electron chi connectivity index (χ3n) is 5.08. The van der Waals surface area contributed by atoms with E-state index in [4.69, 9.17) is 5.73 Å². The molecule has 3 heterocycles. The van der Waals surface area contributed by atoms with E-state index >= 15 is 0 Å². The monoisotopic (exact) mass is 345 g/mol. The Morgan fingerprint density at radius 3 is 2.88 bits per heavy atom. The fourth-order valence-electron chi connectivity index (χ4n) is 3.54. The number of thiazole rings is 1. The Morgan fingerprint density at radius 1 is 1.38 bits per heavy atom. The molecule has 2 aliphatic rings. The average molecular weight is 345 g/mol. The summed E-state index contributed by atoms with van der Waals surface area (Å²) in [6.45, 7) is 2.00. The van der Waals surface area contributed by atoms with Crippen LogP contribution in [0.5, 0.6) is 0 Å². The van der Waals surface area contributed by atoms with E-state index in [1.807, 2.05) is 5.38 Å². The van der Waals surface area contributed by atoms with E-state index in [-0.39, 0.29) is 17.2 Å². The predicted molar refractivity (Wildman–Crippen MR) is 91.7 cm³/mol. The van der Waals surface area contributed by atoms with Crippen LogP contribution in [-0.2, 0) is 4.79 Å². The number of aromatic amines is 1. The molecule has 0 bridgehead atoms. The molecule has 0 aromatic carbocycles. The van der Waals surface area contributed by atoms with Crippen molar-refractivity contribution in [1.82, 2.24) is 15.3 Å². The first-order valence-electron chi connectivity index (χ1n) is 8.03. The molecule has 2 aromatic rings. The molecule has 2 amide bonds. The van der Waals surface area contributed by atoms with Crippen LogP contribution in [0.3, 0.4) is 0 Å². The van der Waals surface area contributed by atoms with Gasteiger partial charge in [-0.15, -0.1) is 11.3 Å². The molecule has 2 aromatic heterocycles. The van der Waals surface area contributed by atoms with Crippen LogP contribution in [0.25, 0.3) is 11.3 Å². The summed E-state index contributed by atoms with van der Waals surface area (Å²) >= 11 is 1.39. The van der Waals surface area contributed by atoms with E-state index in [9.17, 15) is 9.59 Å². The van der Waals surface area contributed by atoms with Gasteiger partial charge in [-0.25, -0.2) is 4.98 Å². The maximum absolute atomic E-state index is 12.5. The second-order valence-corrected chi connectivity index (χ2v) is 7.42. The first-order chi connectivity index (χ1) is 11.6. The molecule has 126 valence electrons. The van der Waals surface area contributed by atoms with Crippen LogP contribution >= 0.6 is 11.3 Å². The topological polar surface area (TPSA) is 113 Å².